The van der Waals surface area contributed by atoms with Gasteiger partial charge in [-0.25, -0.2) is 0 Å². The number of hydrogen-bond acceptors (Lipinski definition) is 3. The van der Waals surface area contributed by atoms with Crippen LogP contribution in [0.3, 0.4) is 0 Å². The highest BCUT2D eigenvalue weighted by Crippen LogP contribution is 2.35. The Morgan fingerprint density at radius 3 is 2.72 bits per heavy atom. The van der Waals surface area contributed by atoms with Gasteiger partial charge in [0.15, 0.2) is 5.78 Å². The molecule has 2 aromatic carbocycles. The number of carbonyl (C=O) groups is 1. The molecule has 0 unspecified atom stereocenters. The number of ether oxygens (including phenoxy) is 2. The topological polar surface area (TPSA) is 40.5 Å². The lowest BCUT2D eigenvalue weighted by Gasteiger charge is -2.09. The van der Waals surface area contributed by atoms with Gasteiger partial charge in [0.05, 0.1) is 13.7 Å². The van der Waals surface area contributed by atoms with Gasteiger partial charge in [0.25, 0.3) is 0 Å². The molecular weight excluding hydrogens is 314 g/mol. The number of nitrogens with zero attached hydrogens (tertiary/aromatic N) is 1. The predicted molar refractivity (Wildman–Crippen MR) is 97.5 cm³/mol. The van der Waals surface area contributed by atoms with Crippen molar-refractivity contribution in [1.82, 2.24) is 4.57 Å². The highest BCUT2D eigenvalue weighted by atomic mass is 16.5. The van der Waals surface area contributed by atoms with Crippen LogP contribution in [-0.2, 0) is 6.54 Å². The maximum absolute atomic E-state index is 12.5. The zero-order valence-corrected chi connectivity index (χ0v) is 14.3. The lowest BCUT2D eigenvalue weighted by molar-refractivity contribution is 0.0969. The Bertz CT molecular complexity index is 908. The average molecular weight is 335 g/mol. The molecule has 0 atom stereocenters. The van der Waals surface area contributed by atoms with Crippen molar-refractivity contribution in [2.75, 3.05) is 13.7 Å². The summed E-state index contributed by atoms with van der Waals surface area (Å²) in [7, 11) is 1.64. The molecule has 0 bridgehead atoms. The van der Waals surface area contributed by atoms with E-state index in [-0.39, 0.29) is 11.7 Å². The van der Waals surface area contributed by atoms with Gasteiger partial charge in [-0.15, -0.1) is 0 Å². The maximum Gasteiger partial charge on any atom is 0.168 e. The number of Topliss-reactive ketones (excluding diaryl/α,β-unsaturated/α-hetero) is 1. The predicted octanol–water partition coefficient (Wildman–Crippen LogP) is 4.32. The second kappa shape index (κ2) is 6.63. The van der Waals surface area contributed by atoms with Gasteiger partial charge in [0, 0.05) is 34.6 Å². The van der Waals surface area contributed by atoms with E-state index in [4.69, 9.17) is 9.47 Å². The molecule has 0 saturated heterocycles. The van der Waals surface area contributed by atoms with Crippen LogP contribution < -0.4 is 9.47 Å². The Balaban J connectivity index is 1.52. The molecule has 1 aromatic heterocycles. The molecule has 1 aliphatic carbocycles. The molecule has 25 heavy (non-hydrogen) atoms. The molecule has 3 aromatic rings. The van der Waals surface area contributed by atoms with Gasteiger partial charge in [-0.2, -0.15) is 0 Å². The summed E-state index contributed by atoms with van der Waals surface area (Å²) in [5.41, 5.74) is 1.93. The van der Waals surface area contributed by atoms with E-state index in [1.807, 2.05) is 48.7 Å². The van der Waals surface area contributed by atoms with Crippen molar-refractivity contribution in [3.05, 3.63) is 60.3 Å². The molecule has 0 aliphatic heterocycles. The van der Waals surface area contributed by atoms with Crippen LogP contribution in [0.5, 0.6) is 11.5 Å². The molecule has 128 valence electrons. The van der Waals surface area contributed by atoms with E-state index in [0.29, 0.717) is 13.2 Å². The number of aromatic nitrogens is 1. The fourth-order valence-electron chi connectivity index (χ4n) is 3.15. The van der Waals surface area contributed by atoms with Crippen LogP contribution in [-0.4, -0.2) is 24.1 Å². The monoisotopic (exact) mass is 335 g/mol. The first-order chi connectivity index (χ1) is 12.3. The van der Waals surface area contributed by atoms with E-state index < -0.39 is 0 Å². The second-order valence-electron chi connectivity index (χ2n) is 6.42. The molecular formula is C21H21NO3. The van der Waals surface area contributed by atoms with E-state index in [1.54, 1.807) is 7.11 Å². The maximum atomic E-state index is 12.5. The molecule has 0 radical (unpaired) electrons. The zero-order chi connectivity index (χ0) is 17.2. The molecule has 1 fully saturated rings. The zero-order valence-electron chi connectivity index (χ0n) is 14.3. The van der Waals surface area contributed by atoms with Gasteiger partial charge in [-0.3, -0.25) is 4.79 Å². The van der Waals surface area contributed by atoms with Crippen LogP contribution in [0.1, 0.15) is 23.2 Å². The lowest BCUT2D eigenvalue weighted by Crippen LogP contribution is -2.07. The minimum absolute atomic E-state index is 0.229. The third-order valence-corrected chi connectivity index (χ3v) is 4.64. The van der Waals surface area contributed by atoms with Crippen LogP contribution in [0, 0.1) is 5.92 Å². The van der Waals surface area contributed by atoms with E-state index >= 15 is 0 Å². The summed E-state index contributed by atoms with van der Waals surface area (Å²) in [6, 6.07) is 15.7. The number of rotatable bonds is 7. The highest BCUT2D eigenvalue weighted by molar-refractivity contribution is 6.09. The summed E-state index contributed by atoms with van der Waals surface area (Å²) in [5.74, 6) is 2.07. The van der Waals surface area contributed by atoms with Crippen molar-refractivity contribution >= 4 is 16.7 Å². The lowest BCUT2D eigenvalue weighted by atomic mass is 10.1. The van der Waals surface area contributed by atoms with Crippen molar-refractivity contribution in [3.63, 3.8) is 0 Å². The SMILES string of the molecule is COc1cccc(OCCn2cc(C(=O)C3CC3)c3ccccc32)c1. The third-order valence-electron chi connectivity index (χ3n) is 4.64. The first-order valence-electron chi connectivity index (χ1n) is 8.65. The van der Waals surface area contributed by atoms with E-state index in [1.165, 1.54) is 0 Å². The summed E-state index contributed by atoms with van der Waals surface area (Å²) in [5, 5.41) is 1.04. The Kier molecular flexibility index (Phi) is 4.18. The normalized spacial score (nSPS) is 13.8. The minimum atomic E-state index is 0.229. The second-order valence-corrected chi connectivity index (χ2v) is 6.42. The quantitative estimate of drug-likeness (QED) is 0.604. The van der Waals surface area contributed by atoms with Gasteiger partial charge in [-0.1, -0.05) is 24.3 Å². The van der Waals surface area contributed by atoms with Gasteiger partial charge >= 0.3 is 0 Å². The Morgan fingerprint density at radius 1 is 1.12 bits per heavy atom. The van der Waals surface area contributed by atoms with Crippen molar-refractivity contribution in [2.45, 2.75) is 19.4 Å². The van der Waals surface area contributed by atoms with Gasteiger partial charge < -0.3 is 14.0 Å². The van der Waals surface area contributed by atoms with E-state index in [2.05, 4.69) is 10.6 Å². The fraction of sp³-hybridized carbons (Fsp3) is 0.286. The molecule has 4 nitrogen and oxygen atoms in total. The number of carbonyl (C=O) groups excluding carboxylic acids is 1. The van der Waals surface area contributed by atoms with Crippen LogP contribution in [0.4, 0.5) is 0 Å². The molecule has 4 heteroatoms. The standard InChI is InChI=1S/C21H21NO3/c1-24-16-5-4-6-17(13-16)25-12-11-22-14-19(21(23)15-9-10-15)18-7-2-3-8-20(18)22/h2-8,13-15H,9-12H2,1H3. The minimum Gasteiger partial charge on any atom is -0.497 e. The molecule has 0 N–H and O–H groups in total. The molecule has 0 amide bonds. The number of methoxy groups -OCH3 is 1. The third kappa shape index (κ3) is 3.25. The first-order valence-corrected chi connectivity index (χ1v) is 8.65. The largest absolute Gasteiger partial charge is 0.497 e. The summed E-state index contributed by atoms with van der Waals surface area (Å²) < 4.78 is 13.2. The van der Waals surface area contributed by atoms with Crippen molar-refractivity contribution < 1.29 is 14.3 Å². The fourth-order valence-corrected chi connectivity index (χ4v) is 3.15. The number of para-hydroxylation sites is 1. The Hall–Kier alpha value is -2.75. The number of ketones is 1. The number of hydrogen-bond donors (Lipinski definition) is 0. The Morgan fingerprint density at radius 2 is 1.92 bits per heavy atom. The van der Waals surface area contributed by atoms with Crippen LogP contribution in [0.15, 0.2) is 54.7 Å². The summed E-state index contributed by atoms with van der Waals surface area (Å²) >= 11 is 0. The van der Waals surface area contributed by atoms with Gasteiger partial charge in [-0.05, 0) is 31.0 Å². The van der Waals surface area contributed by atoms with Gasteiger partial charge in [0.1, 0.15) is 18.1 Å². The number of benzene rings is 2. The highest BCUT2D eigenvalue weighted by Gasteiger charge is 2.32. The van der Waals surface area contributed by atoms with Crippen LogP contribution in [0.2, 0.25) is 0 Å². The smallest absolute Gasteiger partial charge is 0.168 e. The molecule has 1 aliphatic rings. The first kappa shape index (κ1) is 15.8. The average Bonchev–Trinajstić information content (AvgIpc) is 3.44. The van der Waals surface area contributed by atoms with E-state index in [9.17, 15) is 4.79 Å². The van der Waals surface area contributed by atoms with Gasteiger partial charge in [0.2, 0.25) is 0 Å². The molecule has 1 heterocycles. The van der Waals surface area contributed by atoms with Crippen LogP contribution in [0.25, 0.3) is 10.9 Å². The van der Waals surface area contributed by atoms with Crippen molar-refractivity contribution in [2.24, 2.45) is 5.92 Å². The summed E-state index contributed by atoms with van der Waals surface area (Å²) in [6.07, 6.45) is 4.04. The number of fused-ring (bicyclic) bond motifs is 1. The summed E-state index contributed by atoms with van der Waals surface area (Å²) in [6.45, 7) is 1.22. The summed E-state index contributed by atoms with van der Waals surface area (Å²) in [4.78, 5) is 12.5. The van der Waals surface area contributed by atoms with Crippen molar-refractivity contribution in [3.8, 4) is 11.5 Å². The van der Waals surface area contributed by atoms with Crippen molar-refractivity contribution in [1.29, 1.82) is 0 Å². The molecule has 4 rings (SSSR count). The molecule has 1 saturated carbocycles. The van der Waals surface area contributed by atoms with E-state index in [0.717, 1.165) is 40.8 Å². The Labute approximate surface area is 147 Å². The molecule has 0 spiro atoms. The van der Waals surface area contributed by atoms with Crippen LogP contribution >= 0.6 is 0 Å².